The third-order valence-corrected chi connectivity index (χ3v) is 2.55. The number of unbranched alkanes of at least 4 members (excludes halogenated alkanes) is 2. The summed E-state index contributed by atoms with van der Waals surface area (Å²) in [6.45, 7) is 1.09. The van der Waals surface area contributed by atoms with Gasteiger partial charge >= 0.3 is 0 Å². The fourth-order valence-corrected chi connectivity index (χ4v) is 1.64. The lowest BCUT2D eigenvalue weighted by Gasteiger charge is -2.06. The number of hydrogen-bond acceptors (Lipinski definition) is 2. The highest BCUT2D eigenvalue weighted by atomic mass is 35.5. The highest BCUT2D eigenvalue weighted by Crippen LogP contribution is 2.14. The van der Waals surface area contributed by atoms with Crippen molar-refractivity contribution < 1.29 is 4.79 Å². The van der Waals surface area contributed by atoms with E-state index in [4.69, 9.17) is 18.0 Å². The van der Waals surface area contributed by atoms with Crippen molar-refractivity contribution in [2.24, 2.45) is 0 Å². The van der Waals surface area contributed by atoms with Crippen molar-refractivity contribution in [3.05, 3.63) is 29.3 Å². The Labute approximate surface area is 113 Å². The number of hydrogen-bond donors (Lipinski definition) is 2. The van der Waals surface area contributed by atoms with Gasteiger partial charge in [0.15, 0.2) is 0 Å². The number of terminal acetylenes is 1. The molecule has 0 aliphatic rings. The Balaban J connectivity index is 2.16. The molecule has 3 nitrogen and oxygen atoms in total. The summed E-state index contributed by atoms with van der Waals surface area (Å²) in [6, 6.07) is 7.08. The van der Waals surface area contributed by atoms with Gasteiger partial charge in [0.25, 0.3) is 0 Å². The average Bonchev–Trinajstić information content (AvgIpc) is 2.33. The van der Waals surface area contributed by atoms with E-state index in [-0.39, 0.29) is 5.91 Å². The number of halogens is 1. The van der Waals surface area contributed by atoms with Gasteiger partial charge in [0.1, 0.15) is 0 Å². The number of rotatable bonds is 7. The van der Waals surface area contributed by atoms with E-state index in [2.05, 4.69) is 16.6 Å². The molecular formula is C14H17ClN2O. The van der Waals surface area contributed by atoms with Crippen LogP contribution in [-0.4, -0.2) is 19.0 Å². The van der Waals surface area contributed by atoms with E-state index in [1.54, 1.807) is 24.3 Å². The summed E-state index contributed by atoms with van der Waals surface area (Å²) in [5.41, 5.74) is 0.710. The number of nitrogens with one attached hydrogen (secondary N) is 2. The second-order valence-corrected chi connectivity index (χ2v) is 4.33. The molecule has 1 aromatic rings. The maximum atomic E-state index is 11.6. The van der Waals surface area contributed by atoms with Crippen molar-refractivity contribution in [1.29, 1.82) is 0 Å². The molecule has 0 fully saturated rings. The predicted molar refractivity (Wildman–Crippen MR) is 75.6 cm³/mol. The lowest BCUT2D eigenvalue weighted by molar-refractivity contribution is -0.115. The minimum atomic E-state index is -0.0748. The third kappa shape index (κ3) is 6.29. The van der Waals surface area contributed by atoms with Gasteiger partial charge in [-0.15, -0.1) is 12.3 Å². The van der Waals surface area contributed by atoms with E-state index in [1.807, 2.05) is 0 Å². The second-order valence-electron chi connectivity index (χ2n) is 3.90. The Hall–Kier alpha value is -1.50. The van der Waals surface area contributed by atoms with E-state index in [0.717, 1.165) is 25.8 Å². The molecule has 0 saturated heterocycles. The van der Waals surface area contributed by atoms with Gasteiger partial charge in [0, 0.05) is 17.1 Å². The molecule has 0 unspecified atom stereocenters. The molecule has 0 spiro atoms. The molecule has 0 aliphatic carbocycles. The van der Waals surface area contributed by atoms with Crippen LogP contribution in [0.25, 0.3) is 0 Å². The van der Waals surface area contributed by atoms with Crippen LogP contribution in [0.5, 0.6) is 0 Å². The number of amides is 1. The Morgan fingerprint density at radius 3 is 2.94 bits per heavy atom. The summed E-state index contributed by atoms with van der Waals surface area (Å²) in [4.78, 5) is 11.6. The minimum Gasteiger partial charge on any atom is -0.325 e. The smallest absolute Gasteiger partial charge is 0.238 e. The molecule has 18 heavy (non-hydrogen) atoms. The summed E-state index contributed by atoms with van der Waals surface area (Å²) in [5, 5.41) is 6.44. The van der Waals surface area contributed by atoms with Gasteiger partial charge in [0.2, 0.25) is 5.91 Å². The van der Waals surface area contributed by atoms with Crippen LogP contribution < -0.4 is 10.6 Å². The van der Waals surface area contributed by atoms with Gasteiger partial charge in [-0.1, -0.05) is 17.7 Å². The first-order chi connectivity index (χ1) is 8.72. The van der Waals surface area contributed by atoms with Crippen LogP contribution in [0.2, 0.25) is 5.02 Å². The zero-order chi connectivity index (χ0) is 13.2. The van der Waals surface area contributed by atoms with E-state index >= 15 is 0 Å². The van der Waals surface area contributed by atoms with Crippen molar-refractivity contribution in [1.82, 2.24) is 5.32 Å². The summed E-state index contributed by atoms with van der Waals surface area (Å²) in [5.74, 6) is 2.51. The predicted octanol–water partition coefficient (Wildman–Crippen LogP) is 2.67. The van der Waals surface area contributed by atoms with Crippen LogP contribution >= 0.6 is 11.6 Å². The van der Waals surface area contributed by atoms with E-state index in [1.165, 1.54) is 0 Å². The monoisotopic (exact) mass is 264 g/mol. The summed E-state index contributed by atoms with van der Waals surface area (Å²) in [6.07, 6.45) is 7.90. The molecular weight excluding hydrogens is 248 g/mol. The molecule has 0 saturated carbocycles. The van der Waals surface area contributed by atoms with Crippen molar-refractivity contribution in [3.63, 3.8) is 0 Å². The number of anilines is 1. The molecule has 1 aromatic carbocycles. The standard InChI is InChI=1S/C14H17ClN2O/c1-2-3-4-5-9-16-11-14(18)17-13-8-6-7-12(15)10-13/h1,6-8,10,16H,3-5,9,11H2,(H,17,18). The second kappa shape index (κ2) is 8.57. The van der Waals surface area contributed by atoms with Gasteiger partial charge < -0.3 is 10.6 Å². The van der Waals surface area contributed by atoms with Crippen LogP contribution in [0.4, 0.5) is 5.69 Å². The van der Waals surface area contributed by atoms with Crippen molar-refractivity contribution >= 4 is 23.2 Å². The SMILES string of the molecule is C#CCCCCNCC(=O)Nc1cccc(Cl)c1. The van der Waals surface area contributed by atoms with Gasteiger partial charge in [-0.3, -0.25) is 4.79 Å². The number of carbonyl (C=O) groups excluding carboxylic acids is 1. The molecule has 1 rings (SSSR count). The molecule has 0 bridgehead atoms. The summed E-state index contributed by atoms with van der Waals surface area (Å²) < 4.78 is 0. The van der Waals surface area contributed by atoms with Gasteiger partial charge in [0.05, 0.1) is 6.54 Å². The highest BCUT2D eigenvalue weighted by molar-refractivity contribution is 6.30. The fourth-order valence-electron chi connectivity index (χ4n) is 1.45. The molecule has 2 N–H and O–H groups in total. The summed E-state index contributed by atoms with van der Waals surface area (Å²) >= 11 is 5.82. The van der Waals surface area contributed by atoms with Crippen molar-refractivity contribution in [2.45, 2.75) is 19.3 Å². The summed E-state index contributed by atoms with van der Waals surface area (Å²) in [7, 11) is 0. The largest absolute Gasteiger partial charge is 0.325 e. The zero-order valence-electron chi connectivity index (χ0n) is 10.2. The van der Waals surface area contributed by atoms with Crippen molar-refractivity contribution in [3.8, 4) is 12.3 Å². The molecule has 0 radical (unpaired) electrons. The van der Waals surface area contributed by atoms with Crippen molar-refractivity contribution in [2.75, 3.05) is 18.4 Å². The Bertz CT molecular complexity index is 426. The first-order valence-corrected chi connectivity index (χ1v) is 6.30. The quantitative estimate of drug-likeness (QED) is 0.587. The molecule has 0 heterocycles. The van der Waals surface area contributed by atoms with Gasteiger partial charge in [-0.05, 0) is 37.6 Å². The molecule has 0 aromatic heterocycles. The van der Waals surface area contributed by atoms with Gasteiger partial charge in [-0.25, -0.2) is 0 Å². The molecule has 0 atom stereocenters. The van der Waals surface area contributed by atoms with Crippen LogP contribution in [0, 0.1) is 12.3 Å². The lowest BCUT2D eigenvalue weighted by atomic mass is 10.2. The molecule has 1 amide bonds. The fraction of sp³-hybridized carbons (Fsp3) is 0.357. The van der Waals surface area contributed by atoms with E-state index in [0.29, 0.717) is 17.3 Å². The third-order valence-electron chi connectivity index (χ3n) is 2.32. The normalized spacial score (nSPS) is 9.78. The average molecular weight is 265 g/mol. The lowest BCUT2D eigenvalue weighted by Crippen LogP contribution is -2.28. The Morgan fingerprint density at radius 1 is 1.39 bits per heavy atom. The maximum absolute atomic E-state index is 11.6. The first-order valence-electron chi connectivity index (χ1n) is 5.92. The van der Waals surface area contributed by atoms with Crippen LogP contribution in [0.15, 0.2) is 24.3 Å². The Morgan fingerprint density at radius 2 is 2.22 bits per heavy atom. The molecule has 4 heteroatoms. The molecule has 96 valence electrons. The van der Waals surface area contributed by atoms with Crippen LogP contribution in [0.3, 0.4) is 0 Å². The van der Waals surface area contributed by atoms with Gasteiger partial charge in [-0.2, -0.15) is 0 Å². The van der Waals surface area contributed by atoms with Crippen LogP contribution in [0.1, 0.15) is 19.3 Å². The zero-order valence-corrected chi connectivity index (χ0v) is 11.0. The minimum absolute atomic E-state index is 0.0748. The Kier molecular flexibility index (Phi) is 6.93. The number of benzene rings is 1. The number of carbonyl (C=O) groups is 1. The topological polar surface area (TPSA) is 41.1 Å². The molecule has 0 aliphatic heterocycles. The van der Waals surface area contributed by atoms with Crippen LogP contribution in [-0.2, 0) is 4.79 Å². The maximum Gasteiger partial charge on any atom is 0.238 e. The highest BCUT2D eigenvalue weighted by Gasteiger charge is 2.01. The van der Waals surface area contributed by atoms with E-state index in [9.17, 15) is 4.79 Å². The first kappa shape index (κ1) is 14.6. The van der Waals surface area contributed by atoms with E-state index < -0.39 is 0 Å².